The van der Waals surface area contributed by atoms with Crippen LogP contribution in [0.2, 0.25) is 0 Å². The van der Waals surface area contributed by atoms with E-state index in [-0.39, 0.29) is 12.3 Å². The fourth-order valence-corrected chi connectivity index (χ4v) is 10.3. The lowest BCUT2D eigenvalue weighted by molar-refractivity contribution is 0.409. The first-order valence-electron chi connectivity index (χ1n) is 21.4. The lowest BCUT2D eigenvalue weighted by Crippen LogP contribution is -2.45. The maximum atomic E-state index is 5.17. The van der Waals surface area contributed by atoms with Gasteiger partial charge in [-0.2, -0.15) is 0 Å². The molecule has 2 aliphatic heterocycles. The third kappa shape index (κ3) is 5.68. The zero-order valence-corrected chi connectivity index (χ0v) is 34.0. The molecule has 1 spiro atoms. The third-order valence-electron chi connectivity index (χ3n) is 13.0. The molecule has 62 heavy (non-hydrogen) atoms. The number of hydrogen-bond donors (Lipinski definition) is 2. The highest BCUT2D eigenvalue weighted by atomic mass is 15.3. The van der Waals surface area contributed by atoms with Gasteiger partial charge in [0.05, 0.1) is 16.8 Å². The summed E-state index contributed by atoms with van der Waals surface area (Å²) in [6.45, 7) is 0. The van der Waals surface area contributed by atoms with Crippen LogP contribution in [0.25, 0.3) is 33.4 Å². The number of aliphatic imine (C=N–C) groups is 1. The molecule has 0 amide bonds. The second-order valence-electron chi connectivity index (χ2n) is 16.3. The van der Waals surface area contributed by atoms with Gasteiger partial charge in [0.15, 0.2) is 0 Å². The van der Waals surface area contributed by atoms with Gasteiger partial charge in [-0.15, -0.1) is 0 Å². The van der Waals surface area contributed by atoms with Crippen molar-refractivity contribution < 1.29 is 0 Å². The zero-order valence-electron chi connectivity index (χ0n) is 34.0. The molecule has 4 nitrogen and oxygen atoms in total. The van der Waals surface area contributed by atoms with E-state index < -0.39 is 5.41 Å². The molecule has 9 aromatic carbocycles. The Labute approximate surface area is 362 Å². The van der Waals surface area contributed by atoms with E-state index in [1.807, 2.05) is 6.07 Å². The van der Waals surface area contributed by atoms with Crippen LogP contribution < -0.4 is 15.5 Å². The molecular formula is C58H42N4. The van der Waals surface area contributed by atoms with E-state index in [0.717, 1.165) is 33.8 Å². The van der Waals surface area contributed by atoms with Crippen LogP contribution in [-0.4, -0.2) is 5.84 Å². The molecule has 0 fully saturated rings. The van der Waals surface area contributed by atoms with E-state index in [1.54, 1.807) is 0 Å². The molecule has 294 valence electrons. The predicted octanol–water partition coefficient (Wildman–Crippen LogP) is 13.5. The second kappa shape index (κ2) is 14.7. The standard InChI is InChI=1S/C58H42N4/c1-4-19-39(20-5-1)55-59-56(40-21-6-2-7-22-40)61-57(60-55)48-29-11-10-27-45(48)43-24-18-23-41(37-43)42-35-36-47-46-28-12-13-30-49(46)58(52(47)38-42)50-31-14-16-33-53(50)62(44-25-8-3-9-26-44)54-34-17-15-32-51(54)58/h1-38,55,57,60H,(H,59,61). The van der Waals surface area contributed by atoms with Gasteiger partial charge in [0.25, 0.3) is 0 Å². The summed E-state index contributed by atoms with van der Waals surface area (Å²) in [6, 6.07) is 83.7. The lowest BCUT2D eigenvalue weighted by atomic mass is 9.64. The van der Waals surface area contributed by atoms with E-state index >= 15 is 0 Å². The molecular weight excluding hydrogens is 753 g/mol. The van der Waals surface area contributed by atoms with Crippen LogP contribution in [0.3, 0.4) is 0 Å². The van der Waals surface area contributed by atoms with Crippen LogP contribution in [0.5, 0.6) is 0 Å². The molecule has 2 N–H and O–H groups in total. The minimum Gasteiger partial charge on any atom is -0.350 e. The SMILES string of the molecule is c1ccc(C2=NC(c3ccccc3)NC(c3ccccc3-c3cccc(-c4ccc5c(c4)C4(c6ccccc6-5)c5ccccc5N(c5ccccc5)c5ccccc54)c3)N2)cc1. The van der Waals surface area contributed by atoms with Gasteiger partial charge in [0.2, 0.25) is 0 Å². The molecule has 9 aromatic rings. The average Bonchev–Trinajstić information content (AvgIpc) is 3.65. The summed E-state index contributed by atoms with van der Waals surface area (Å²) < 4.78 is 0. The lowest BCUT2D eigenvalue weighted by Gasteiger charge is -2.45. The number of benzene rings is 9. The molecule has 2 atom stereocenters. The van der Waals surface area contributed by atoms with Crippen molar-refractivity contribution in [2.45, 2.75) is 17.7 Å². The minimum atomic E-state index is -0.518. The number of hydrogen-bond acceptors (Lipinski definition) is 4. The fourth-order valence-electron chi connectivity index (χ4n) is 10.3. The summed E-state index contributed by atoms with van der Waals surface area (Å²) in [4.78, 5) is 7.61. The molecule has 0 aromatic heterocycles. The van der Waals surface area contributed by atoms with Crippen LogP contribution in [0.1, 0.15) is 51.3 Å². The molecule has 0 radical (unpaired) electrons. The molecule has 1 aliphatic carbocycles. The Kier molecular flexibility index (Phi) is 8.58. The Balaban J connectivity index is 0.987. The number of para-hydroxylation sites is 3. The maximum absolute atomic E-state index is 5.17. The van der Waals surface area contributed by atoms with Crippen molar-refractivity contribution in [3.05, 3.63) is 269 Å². The first-order valence-corrected chi connectivity index (χ1v) is 21.4. The summed E-state index contributed by atoms with van der Waals surface area (Å²) in [5, 5.41) is 7.62. The van der Waals surface area contributed by atoms with E-state index in [2.05, 4.69) is 240 Å². The normalized spacial score (nSPS) is 16.6. The van der Waals surface area contributed by atoms with Crippen molar-refractivity contribution in [1.29, 1.82) is 0 Å². The number of anilines is 3. The first kappa shape index (κ1) is 36.1. The van der Waals surface area contributed by atoms with Gasteiger partial charge in [-0.3, -0.25) is 5.32 Å². The van der Waals surface area contributed by atoms with Gasteiger partial charge in [0.1, 0.15) is 18.2 Å². The molecule has 4 heteroatoms. The van der Waals surface area contributed by atoms with Crippen molar-refractivity contribution in [3.63, 3.8) is 0 Å². The number of nitrogens with one attached hydrogen (secondary N) is 2. The predicted molar refractivity (Wildman–Crippen MR) is 254 cm³/mol. The van der Waals surface area contributed by atoms with Crippen LogP contribution in [0.15, 0.2) is 236 Å². The van der Waals surface area contributed by atoms with Crippen molar-refractivity contribution in [2.24, 2.45) is 4.99 Å². The molecule has 0 saturated carbocycles. The van der Waals surface area contributed by atoms with Crippen molar-refractivity contribution in [3.8, 4) is 33.4 Å². The van der Waals surface area contributed by atoms with Gasteiger partial charge in [0, 0.05) is 11.3 Å². The summed E-state index contributed by atoms with van der Waals surface area (Å²) in [7, 11) is 0. The molecule has 0 saturated heterocycles. The molecule has 2 unspecified atom stereocenters. The molecule has 2 heterocycles. The van der Waals surface area contributed by atoms with Crippen LogP contribution >= 0.6 is 0 Å². The van der Waals surface area contributed by atoms with Crippen molar-refractivity contribution in [1.82, 2.24) is 10.6 Å². The quantitative estimate of drug-likeness (QED) is 0.176. The summed E-state index contributed by atoms with van der Waals surface area (Å²) in [5.74, 6) is 0.873. The first-order chi connectivity index (χ1) is 30.8. The van der Waals surface area contributed by atoms with Crippen LogP contribution in [0, 0.1) is 0 Å². The summed E-state index contributed by atoms with van der Waals surface area (Å²) in [5.41, 5.74) is 18.8. The van der Waals surface area contributed by atoms with Gasteiger partial charge < -0.3 is 10.2 Å². The van der Waals surface area contributed by atoms with Crippen molar-refractivity contribution >= 4 is 22.9 Å². The van der Waals surface area contributed by atoms with Gasteiger partial charge >= 0.3 is 0 Å². The van der Waals surface area contributed by atoms with Gasteiger partial charge in [-0.25, -0.2) is 4.99 Å². The highest BCUT2D eigenvalue weighted by Gasteiger charge is 2.51. The second-order valence-corrected chi connectivity index (χ2v) is 16.3. The number of amidine groups is 1. The average molecular weight is 795 g/mol. The van der Waals surface area contributed by atoms with Crippen molar-refractivity contribution in [2.75, 3.05) is 4.90 Å². The Morgan fingerprint density at radius 3 is 1.69 bits per heavy atom. The Morgan fingerprint density at radius 1 is 0.403 bits per heavy atom. The Morgan fingerprint density at radius 2 is 0.952 bits per heavy atom. The number of fused-ring (bicyclic) bond motifs is 9. The summed E-state index contributed by atoms with van der Waals surface area (Å²) >= 11 is 0. The zero-order chi connectivity index (χ0) is 41.0. The molecule has 12 rings (SSSR count). The highest BCUT2D eigenvalue weighted by molar-refractivity contribution is 6.00. The minimum absolute atomic E-state index is 0.187. The van der Waals surface area contributed by atoms with E-state index in [1.165, 1.54) is 61.4 Å². The largest absolute Gasteiger partial charge is 0.350 e. The maximum Gasteiger partial charge on any atom is 0.131 e. The van der Waals surface area contributed by atoms with Crippen LogP contribution in [-0.2, 0) is 5.41 Å². The number of nitrogens with zero attached hydrogens (tertiary/aromatic N) is 2. The molecule has 3 aliphatic rings. The Hall–Kier alpha value is -7.79. The van der Waals surface area contributed by atoms with Crippen LogP contribution in [0.4, 0.5) is 17.1 Å². The third-order valence-corrected chi connectivity index (χ3v) is 13.0. The monoisotopic (exact) mass is 794 g/mol. The number of rotatable bonds is 6. The van der Waals surface area contributed by atoms with E-state index in [4.69, 9.17) is 4.99 Å². The Bertz CT molecular complexity index is 3110. The van der Waals surface area contributed by atoms with E-state index in [9.17, 15) is 0 Å². The van der Waals surface area contributed by atoms with Gasteiger partial charge in [-0.05, 0) is 103 Å². The molecule has 0 bridgehead atoms. The smallest absolute Gasteiger partial charge is 0.131 e. The van der Waals surface area contributed by atoms with Gasteiger partial charge in [-0.1, -0.05) is 194 Å². The van der Waals surface area contributed by atoms with E-state index in [0.29, 0.717) is 0 Å². The fraction of sp³-hybridized carbons (Fsp3) is 0.0517. The topological polar surface area (TPSA) is 39.7 Å². The highest BCUT2D eigenvalue weighted by Crippen LogP contribution is 2.63. The summed E-state index contributed by atoms with van der Waals surface area (Å²) in [6.07, 6.45) is -0.400.